The molecule has 172 valence electrons. The van der Waals surface area contributed by atoms with Crippen molar-refractivity contribution in [2.24, 2.45) is 7.05 Å². The lowest BCUT2D eigenvalue weighted by molar-refractivity contribution is -0.116. The first-order chi connectivity index (χ1) is 16.5. The van der Waals surface area contributed by atoms with Crippen LogP contribution in [0, 0.1) is 0 Å². The molecule has 34 heavy (non-hydrogen) atoms. The summed E-state index contributed by atoms with van der Waals surface area (Å²) in [5.41, 5.74) is 5.14. The van der Waals surface area contributed by atoms with E-state index in [9.17, 15) is 9.59 Å². The predicted molar refractivity (Wildman–Crippen MR) is 131 cm³/mol. The van der Waals surface area contributed by atoms with Crippen molar-refractivity contribution >= 4 is 34.2 Å². The van der Waals surface area contributed by atoms with Gasteiger partial charge in [-0.15, -0.1) is 0 Å². The van der Waals surface area contributed by atoms with Gasteiger partial charge in [0.1, 0.15) is 6.17 Å². The van der Waals surface area contributed by atoms with Gasteiger partial charge < -0.3 is 19.7 Å². The Balaban J connectivity index is 1.40. The third-order valence-corrected chi connectivity index (χ3v) is 6.95. The second-order valence-corrected chi connectivity index (χ2v) is 8.96. The molecule has 8 heteroatoms. The standard InChI is InChI=1S/C26H26N6O2/c1-29-14-12-22(28-29)27-23(33)13-16-31-21-10-6-3-7-17(21)18-11-15-32-25(24(18)31)30(2)20-9-5-4-8-19(20)26(32)34/h3-10,12,14,25H,11,13,15-16H2,1-2H3,(H,27,28,33). The Bertz CT molecular complexity index is 1430. The van der Waals surface area contributed by atoms with Gasteiger partial charge in [0.2, 0.25) is 5.91 Å². The number of aryl methyl sites for hydroxylation is 2. The van der Waals surface area contributed by atoms with Crippen molar-refractivity contribution in [3.63, 3.8) is 0 Å². The molecule has 0 bridgehead atoms. The van der Waals surface area contributed by atoms with Crippen molar-refractivity contribution in [2.75, 3.05) is 23.8 Å². The summed E-state index contributed by atoms with van der Waals surface area (Å²) in [7, 11) is 3.87. The first-order valence-corrected chi connectivity index (χ1v) is 11.6. The van der Waals surface area contributed by atoms with E-state index in [1.807, 2.05) is 49.3 Å². The van der Waals surface area contributed by atoms with Crippen LogP contribution in [-0.4, -0.2) is 44.7 Å². The lowest BCUT2D eigenvalue weighted by Gasteiger charge is -2.46. The van der Waals surface area contributed by atoms with E-state index in [1.54, 1.807) is 16.9 Å². The number of anilines is 2. The first-order valence-electron chi connectivity index (χ1n) is 11.6. The summed E-state index contributed by atoms with van der Waals surface area (Å²) in [6, 6.07) is 17.9. The van der Waals surface area contributed by atoms with Crippen LogP contribution in [0.5, 0.6) is 0 Å². The average molecular weight is 455 g/mol. The van der Waals surface area contributed by atoms with Gasteiger partial charge in [0.25, 0.3) is 5.91 Å². The summed E-state index contributed by atoms with van der Waals surface area (Å²) >= 11 is 0. The fourth-order valence-electron chi connectivity index (χ4n) is 5.45. The van der Waals surface area contributed by atoms with E-state index >= 15 is 0 Å². The number of para-hydroxylation sites is 2. The second kappa shape index (κ2) is 7.76. The van der Waals surface area contributed by atoms with E-state index in [1.165, 1.54) is 10.9 Å². The minimum atomic E-state index is -0.211. The molecule has 4 aromatic rings. The SMILES string of the molecule is CN1c2ccccc2C(=O)N2CCc3c(n(CCC(=O)Nc4ccn(C)n4)c4ccccc34)C21. The molecule has 0 fully saturated rings. The number of carbonyl (C=O) groups excluding carboxylic acids is 2. The van der Waals surface area contributed by atoms with Gasteiger partial charge in [0.05, 0.1) is 16.9 Å². The number of amides is 2. The van der Waals surface area contributed by atoms with Crippen molar-refractivity contribution in [2.45, 2.75) is 25.6 Å². The third kappa shape index (κ3) is 3.09. The monoisotopic (exact) mass is 454 g/mol. The zero-order valence-corrected chi connectivity index (χ0v) is 19.2. The maximum Gasteiger partial charge on any atom is 0.257 e. The van der Waals surface area contributed by atoms with E-state index in [4.69, 9.17) is 0 Å². The molecule has 0 aliphatic carbocycles. The number of nitrogens with one attached hydrogen (secondary N) is 1. The normalized spacial score (nSPS) is 16.9. The highest BCUT2D eigenvalue weighted by atomic mass is 16.2. The maximum absolute atomic E-state index is 13.4. The molecule has 6 rings (SSSR count). The van der Waals surface area contributed by atoms with Gasteiger partial charge in [-0.05, 0) is 30.2 Å². The molecule has 4 heterocycles. The van der Waals surface area contributed by atoms with Gasteiger partial charge >= 0.3 is 0 Å². The van der Waals surface area contributed by atoms with Crippen LogP contribution >= 0.6 is 0 Å². The number of rotatable bonds is 4. The lowest BCUT2D eigenvalue weighted by atomic mass is 9.96. The van der Waals surface area contributed by atoms with Gasteiger partial charge in [0, 0.05) is 56.8 Å². The Morgan fingerprint density at radius 1 is 1.09 bits per heavy atom. The largest absolute Gasteiger partial charge is 0.349 e. The lowest BCUT2D eigenvalue weighted by Crippen LogP contribution is -2.51. The summed E-state index contributed by atoms with van der Waals surface area (Å²) in [4.78, 5) is 30.3. The molecular formula is C26H26N6O2. The van der Waals surface area contributed by atoms with Gasteiger partial charge in [-0.1, -0.05) is 30.3 Å². The molecule has 2 amide bonds. The zero-order valence-electron chi connectivity index (χ0n) is 19.2. The van der Waals surface area contributed by atoms with E-state index < -0.39 is 0 Å². The number of fused-ring (bicyclic) bond motifs is 6. The molecule has 0 spiro atoms. The molecule has 2 aliphatic heterocycles. The summed E-state index contributed by atoms with van der Waals surface area (Å²) in [6.07, 6.45) is 2.69. The van der Waals surface area contributed by atoms with Crippen LogP contribution in [0.2, 0.25) is 0 Å². The number of nitrogens with zero attached hydrogens (tertiary/aromatic N) is 5. The smallest absolute Gasteiger partial charge is 0.257 e. The Hall–Kier alpha value is -4.07. The Morgan fingerprint density at radius 3 is 2.71 bits per heavy atom. The third-order valence-electron chi connectivity index (χ3n) is 6.95. The first kappa shape index (κ1) is 20.5. The number of carbonyl (C=O) groups is 2. The van der Waals surface area contributed by atoms with Gasteiger partial charge in [0.15, 0.2) is 5.82 Å². The summed E-state index contributed by atoms with van der Waals surface area (Å²) in [5.74, 6) is 0.526. The highest BCUT2D eigenvalue weighted by Gasteiger charge is 2.42. The van der Waals surface area contributed by atoms with E-state index in [2.05, 4.69) is 38.1 Å². The quantitative estimate of drug-likeness (QED) is 0.512. The predicted octanol–water partition coefficient (Wildman–Crippen LogP) is 3.55. The Labute approximate surface area is 197 Å². The number of aromatic nitrogens is 3. The van der Waals surface area contributed by atoms with Crippen molar-refractivity contribution in [1.29, 1.82) is 0 Å². The molecule has 1 N–H and O–H groups in total. The molecule has 2 aromatic carbocycles. The number of hydrogen-bond donors (Lipinski definition) is 1. The average Bonchev–Trinajstić information content (AvgIpc) is 3.41. The van der Waals surface area contributed by atoms with Crippen LogP contribution in [-0.2, 0) is 24.8 Å². The van der Waals surface area contributed by atoms with Gasteiger partial charge in [-0.25, -0.2) is 0 Å². The van der Waals surface area contributed by atoms with Crippen LogP contribution in [0.4, 0.5) is 11.5 Å². The molecule has 0 saturated heterocycles. The second-order valence-electron chi connectivity index (χ2n) is 8.96. The van der Waals surface area contributed by atoms with Crippen LogP contribution in [0.1, 0.15) is 34.2 Å². The number of benzene rings is 2. The fourth-order valence-corrected chi connectivity index (χ4v) is 5.45. The molecular weight excluding hydrogens is 428 g/mol. The molecule has 0 saturated carbocycles. The van der Waals surface area contributed by atoms with Crippen molar-refractivity contribution in [1.82, 2.24) is 19.2 Å². The maximum atomic E-state index is 13.4. The van der Waals surface area contributed by atoms with Crippen LogP contribution in [0.15, 0.2) is 60.8 Å². The summed E-state index contributed by atoms with van der Waals surface area (Å²) in [5, 5.41) is 8.31. The zero-order chi connectivity index (χ0) is 23.4. The Kier molecular flexibility index (Phi) is 4.69. The Morgan fingerprint density at radius 2 is 1.88 bits per heavy atom. The fraction of sp³-hybridized carbons (Fsp3) is 0.269. The summed E-state index contributed by atoms with van der Waals surface area (Å²) in [6.45, 7) is 1.19. The summed E-state index contributed by atoms with van der Waals surface area (Å²) < 4.78 is 3.89. The highest BCUT2D eigenvalue weighted by Crippen LogP contribution is 2.44. The molecule has 8 nitrogen and oxygen atoms in total. The van der Waals surface area contributed by atoms with Crippen molar-refractivity contribution < 1.29 is 9.59 Å². The highest BCUT2D eigenvalue weighted by molar-refractivity contribution is 6.02. The van der Waals surface area contributed by atoms with Gasteiger partial charge in [-0.3, -0.25) is 14.3 Å². The van der Waals surface area contributed by atoms with E-state index in [-0.39, 0.29) is 18.0 Å². The van der Waals surface area contributed by atoms with Crippen molar-refractivity contribution in [3.05, 3.63) is 77.6 Å². The molecule has 2 aromatic heterocycles. The molecule has 0 radical (unpaired) electrons. The minimum absolute atomic E-state index is 0.0639. The molecule has 2 aliphatic rings. The van der Waals surface area contributed by atoms with Crippen LogP contribution < -0.4 is 10.2 Å². The molecule has 1 atom stereocenters. The van der Waals surface area contributed by atoms with Crippen LogP contribution in [0.3, 0.4) is 0 Å². The van der Waals surface area contributed by atoms with Crippen LogP contribution in [0.25, 0.3) is 10.9 Å². The van der Waals surface area contributed by atoms with E-state index in [0.717, 1.165) is 28.9 Å². The van der Waals surface area contributed by atoms with Crippen molar-refractivity contribution in [3.8, 4) is 0 Å². The van der Waals surface area contributed by atoms with Gasteiger partial charge in [-0.2, -0.15) is 5.10 Å². The molecule has 1 unspecified atom stereocenters. The number of hydrogen-bond acceptors (Lipinski definition) is 4. The minimum Gasteiger partial charge on any atom is -0.349 e. The van der Waals surface area contributed by atoms with E-state index in [0.29, 0.717) is 25.3 Å². The topological polar surface area (TPSA) is 75.4 Å².